The molecular weight excluding hydrogens is 266 g/mol. The number of hydrogen-bond acceptors (Lipinski definition) is 5. The molecule has 2 N–H and O–H groups in total. The van der Waals surface area contributed by atoms with Gasteiger partial charge in [0.05, 0.1) is 5.54 Å². The van der Waals surface area contributed by atoms with Crippen molar-refractivity contribution >= 4 is 0 Å². The maximum atomic E-state index is 6.50. The summed E-state index contributed by atoms with van der Waals surface area (Å²) in [7, 11) is 0. The van der Waals surface area contributed by atoms with E-state index in [2.05, 4.69) is 37.8 Å². The van der Waals surface area contributed by atoms with Gasteiger partial charge in [-0.3, -0.25) is 0 Å². The maximum Gasteiger partial charge on any atom is 0.246 e. The number of hydrogen-bond donors (Lipinski definition) is 1. The largest absolute Gasteiger partial charge is 0.370 e. The maximum absolute atomic E-state index is 6.50. The van der Waals surface area contributed by atoms with E-state index in [1.165, 1.54) is 0 Å². The van der Waals surface area contributed by atoms with Crippen LogP contribution in [0.4, 0.5) is 0 Å². The molecule has 1 fully saturated rings. The highest BCUT2D eigenvalue weighted by Crippen LogP contribution is 2.39. The van der Waals surface area contributed by atoms with Gasteiger partial charge in [0.15, 0.2) is 0 Å². The summed E-state index contributed by atoms with van der Waals surface area (Å²) in [5.41, 5.74) is 5.95. The van der Waals surface area contributed by atoms with Crippen molar-refractivity contribution in [1.29, 1.82) is 0 Å². The Balaban J connectivity index is 2.20. The van der Waals surface area contributed by atoms with Crippen molar-refractivity contribution in [3.63, 3.8) is 0 Å². The summed E-state index contributed by atoms with van der Waals surface area (Å²) in [6, 6.07) is 0. The summed E-state index contributed by atoms with van der Waals surface area (Å²) >= 11 is 0. The highest BCUT2D eigenvalue weighted by Gasteiger charge is 2.39. The third-order valence-electron chi connectivity index (χ3n) is 4.39. The van der Waals surface area contributed by atoms with Gasteiger partial charge in [0.25, 0.3) is 0 Å². The first-order valence-corrected chi connectivity index (χ1v) is 8.01. The standard InChI is InChI=1S/C16H29N3O2/c1-6-20-12(15(3,4)5)13-18-14(21-19-13)16(17)9-7-11(2)8-10-16/h11-12H,6-10,17H2,1-5H3. The molecule has 0 bridgehead atoms. The van der Waals surface area contributed by atoms with Gasteiger partial charge in [-0.25, -0.2) is 0 Å². The number of aromatic nitrogens is 2. The van der Waals surface area contributed by atoms with E-state index in [-0.39, 0.29) is 11.5 Å². The lowest BCUT2D eigenvalue weighted by Gasteiger charge is -2.32. The van der Waals surface area contributed by atoms with Crippen LogP contribution in [0.2, 0.25) is 0 Å². The van der Waals surface area contributed by atoms with E-state index < -0.39 is 5.54 Å². The fourth-order valence-corrected chi connectivity index (χ4v) is 2.91. The third kappa shape index (κ3) is 3.64. The van der Waals surface area contributed by atoms with E-state index in [0.29, 0.717) is 18.3 Å². The summed E-state index contributed by atoms with van der Waals surface area (Å²) in [6.45, 7) is 11.2. The zero-order valence-corrected chi connectivity index (χ0v) is 14.0. The molecule has 1 unspecified atom stereocenters. The summed E-state index contributed by atoms with van der Waals surface area (Å²) in [5.74, 6) is 1.91. The van der Waals surface area contributed by atoms with Crippen molar-refractivity contribution in [3.05, 3.63) is 11.7 Å². The molecule has 1 aliphatic rings. The second-order valence-corrected chi connectivity index (χ2v) is 7.50. The monoisotopic (exact) mass is 295 g/mol. The van der Waals surface area contributed by atoms with Crippen LogP contribution in [0.3, 0.4) is 0 Å². The lowest BCUT2D eigenvalue weighted by molar-refractivity contribution is -0.0203. The van der Waals surface area contributed by atoms with E-state index in [1.54, 1.807) is 0 Å². The molecule has 2 rings (SSSR count). The minimum atomic E-state index is -0.466. The molecule has 1 atom stereocenters. The van der Waals surface area contributed by atoms with Crippen LogP contribution in [0, 0.1) is 11.3 Å². The van der Waals surface area contributed by atoms with Gasteiger partial charge in [0.2, 0.25) is 11.7 Å². The Morgan fingerprint density at radius 3 is 2.52 bits per heavy atom. The fourth-order valence-electron chi connectivity index (χ4n) is 2.91. The molecule has 1 aliphatic carbocycles. The van der Waals surface area contributed by atoms with Gasteiger partial charge in [-0.05, 0) is 43.9 Å². The summed E-state index contributed by atoms with van der Waals surface area (Å²) in [5, 5.41) is 4.15. The Hall–Kier alpha value is -0.940. The summed E-state index contributed by atoms with van der Waals surface area (Å²) in [4.78, 5) is 4.59. The van der Waals surface area contributed by atoms with Gasteiger partial charge >= 0.3 is 0 Å². The molecule has 1 saturated carbocycles. The highest BCUT2D eigenvalue weighted by molar-refractivity contribution is 5.06. The van der Waals surface area contributed by atoms with Crippen LogP contribution in [0.1, 0.15) is 78.1 Å². The SMILES string of the molecule is CCOC(c1noc(C2(N)CCC(C)CC2)n1)C(C)(C)C. The van der Waals surface area contributed by atoms with Crippen molar-refractivity contribution in [2.24, 2.45) is 17.1 Å². The fraction of sp³-hybridized carbons (Fsp3) is 0.875. The van der Waals surface area contributed by atoms with Crippen LogP contribution >= 0.6 is 0 Å². The van der Waals surface area contributed by atoms with Gasteiger partial charge in [0, 0.05) is 6.61 Å². The molecule has 1 heterocycles. The van der Waals surface area contributed by atoms with Crippen molar-refractivity contribution in [1.82, 2.24) is 10.1 Å². The Morgan fingerprint density at radius 2 is 2.00 bits per heavy atom. The van der Waals surface area contributed by atoms with Crippen molar-refractivity contribution in [3.8, 4) is 0 Å². The average molecular weight is 295 g/mol. The number of rotatable bonds is 4. The topological polar surface area (TPSA) is 74.2 Å². The van der Waals surface area contributed by atoms with Gasteiger partial charge in [0.1, 0.15) is 6.10 Å². The number of nitrogens with zero attached hydrogens (tertiary/aromatic N) is 2. The van der Waals surface area contributed by atoms with Gasteiger partial charge < -0.3 is 15.0 Å². The zero-order chi connectivity index (χ0) is 15.7. The van der Waals surface area contributed by atoms with Crippen molar-refractivity contribution in [2.45, 2.75) is 71.9 Å². The average Bonchev–Trinajstić information content (AvgIpc) is 2.88. The smallest absolute Gasteiger partial charge is 0.246 e. The van der Waals surface area contributed by atoms with E-state index >= 15 is 0 Å². The van der Waals surface area contributed by atoms with Crippen LogP contribution in [0.5, 0.6) is 0 Å². The van der Waals surface area contributed by atoms with Crippen LogP contribution in [-0.2, 0) is 10.3 Å². The molecule has 0 aliphatic heterocycles. The molecule has 5 heteroatoms. The van der Waals surface area contributed by atoms with Crippen LogP contribution in [0.15, 0.2) is 4.52 Å². The Labute approximate surface area is 127 Å². The van der Waals surface area contributed by atoms with Crippen molar-refractivity contribution < 1.29 is 9.26 Å². The lowest BCUT2D eigenvalue weighted by Crippen LogP contribution is -2.40. The summed E-state index contributed by atoms with van der Waals surface area (Å²) in [6.07, 6.45) is 3.87. The zero-order valence-electron chi connectivity index (χ0n) is 14.0. The molecule has 120 valence electrons. The molecule has 1 aromatic rings. The lowest BCUT2D eigenvalue weighted by atomic mass is 9.78. The first kappa shape index (κ1) is 16.4. The molecule has 5 nitrogen and oxygen atoms in total. The third-order valence-corrected chi connectivity index (χ3v) is 4.39. The van der Waals surface area contributed by atoms with Crippen LogP contribution < -0.4 is 5.73 Å². The molecule has 0 aromatic carbocycles. The van der Waals surface area contributed by atoms with Gasteiger partial charge in [-0.2, -0.15) is 4.98 Å². The minimum absolute atomic E-state index is 0.0833. The summed E-state index contributed by atoms with van der Waals surface area (Å²) < 4.78 is 11.3. The second-order valence-electron chi connectivity index (χ2n) is 7.50. The van der Waals surface area contributed by atoms with E-state index in [4.69, 9.17) is 15.0 Å². The highest BCUT2D eigenvalue weighted by atomic mass is 16.5. The molecule has 0 saturated heterocycles. The molecule has 0 spiro atoms. The first-order chi connectivity index (χ1) is 9.76. The minimum Gasteiger partial charge on any atom is -0.370 e. The van der Waals surface area contributed by atoms with E-state index in [1.807, 2.05) is 6.92 Å². The quantitative estimate of drug-likeness (QED) is 0.919. The first-order valence-electron chi connectivity index (χ1n) is 8.01. The molecule has 0 radical (unpaired) electrons. The van der Waals surface area contributed by atoms with Crippen molar-refractivity contribution in [2.75, 3.05) is 6.61 Å². The predicted octanol–water partition coefficient (Wildman–Crippen LogP) is 3.56. The Bertz CT molecular complexity index is 456. The van der Waals surface area contributed by atoms with Crippen LogP contribution in [-0.4, -0.2) is 16.7 Å². The molecule has 0 amide bonds. The Kier molecular flexibility index (Phi) is 4.73. The van der Waals surface area contributed by atoms with Gasteiger partial charge in [-0.15, -0.1) is 0 Å². The van der Waals surface area contributed by atoms with E-state index in [0.717, 1.165) is 31.6 Å². The predicted molar refractivity (Wildman–Crippen MR) is 81.6 cm³/mol. The second kappa shape index (κ2) is 6.05. The normalized spacial score (nSPS) is 28.6. The van der Waals surface area contributed by atoms with Crippen LogP contribution in [0.25, 0.3) is 0 Å². The molecule has 1 aromatic heterocycles. The number of ether oxygens (including phenoxy) is 1. The van der Waals surface area contributed by atoms with E-state index in [9.17, 15) is 0 Å². The molecule has 21 heavy (non-hydrogen) atoms. The van der Waals surface area contributed by atoms with Gasteiger partial charge in [-0.1, -0.05) is 32.9 Å². The molecular formula is C16H29N3O2. The Morgan fingerprint density at radius 1 is 1.38 bits per heavy atom. The number of nitrogens with two attached hydrogens (primary N) is 1.